The Bertz CT molecular complexity index is 1520. The fourth-order valence-electron chi connectivity index (χ4n) is 3.69. The summed E-state index contributed by atoms with van der Waals surface area (Å²) in [6.45, 7) is 5.49. The molecule has 34 heavy (non-hydrogen) atoms. The van der Waals surface area contributed by atoms with Gasteiger partial charge >= 0.3 is 11.6 Å². The highest BCUT2D eigenvalue weighted by Crippen LogP contribution is 2.27. The molecule has 2 atom stereocenters. The van der Waals surface area contributed by atoms with E-state index in [1.165, 1.54) is 18.2 Å². The second kappa shape index (κ2) is 9.40. The lowest BCUT2D eigenvalue weighted by Crippen LogP contribution is -2.46. The van der Waals surface area contributed by atoms with Gasteiger partial charge in [-0.1, -0.05) is 56.2 Å². The Hall–Kier alpha value is -3.49. The standard InChI is InChI=1S/C26H25NO6S/c1-4-17(3)24(27-34(30,31)19-12-9-16(2)10-13-19)26(29)32-18-11-14-21-20-7-5-6-8-22(20)25(28)33-23(21)15-18/h5-15,17,24,27H,4H2,1-3H3/t17-,24-/m0/s1. The van der Waals surface area contributed by atoms with Gasteiger partial charge in [-0.25, -0.2) is 18.0 Å². The van der Waals surface area contributed by atoms with Crippen molar-refractivity contribution in [3.8, 4) is 5.75 Å². The third kappa shape index (κ3) is 4.73. The number of sulfonamides is 1. The molecule has 176 valence electrons. The fraction of sp³-hybridized carbons (Fsp3) is 0.231. The number of ether oxygens (including phenoxy) is 1. The van der Waals surface area contributed by atoms with E-state index in [4.69, 9.17) is 9.15 Å². The molecule has 0 saturated heterocycles. The predicted molar refractivity (Wildman–Crippen MR) is 130 cm³/mol. The molecule has 0 aliphatic heterocycles. The molecular formula is C26H25NO6S. The van der Waals surface area contributed by atoms with Crippen molar-refractivity contribution >= 4 is 37.7 Å². The van der Waals surface area contributed by atoms with Gasteiger partial charge in [-0.2, -0.15) is 4.72 Å². The molecule has 0 aliphatic rings. The first kappa shape index (κ1) is 23.7. The summed E-state index contributed by atoms with van der Waals surface area (Å²) in [5.74, 6) is -0.915. The zero-order valence-corrected chi connectivity index (χ0v) is 19.9. The summed E-state index contributed by atoms with van der Waals surface area (Å²) in [6.07, 6.45) is 0.550. The van der Waals surface area contributed by atoms with Crippen LogP contribution in [0.1, 0.15) is 25.8 Å². The highest BCUT2D eigenvalue weighted by atomic mass is 32.2. The number of aryl methyl sites for hydroxylation is 1. The van der Waals surface area contributed by atoms with Crippen molar-refractivity contribution in [2.75, 3.05) is 0 Å². The Balaban J connectivity index is 1.63. The smallest absolute Gasteiger partial charge is 0.344 e. The van der Waals surface area contributed by atoms with Crippen molar-refractivity contribution in [2.45, 2.75) is 38.1 Å². The minimum Gasteiger partial charge on any atom is -0.425 e. The lowest BCUT2D eigenvalue weighted by atomic mass is 10.0. The summed E-state index contributed by atoms with van der Waals surface area (Å²) in [5.41, 5.74) is 0.705. The first-order chi connectivity index (χ1) is 16.2. The molecule has 1 N–H and O–H groups in total. The summed E-state index contributed by atoms with van der Waals surface area (Å²) in [4.78, 5) is 25.4. The van der Waals surface area contributed by atoms with Crippen LogP contribution in [0.4, 0.5) is 0 Å². The summed E-state index contributed by atoms with van der Waals surface area (Å²) in [5, 5.41) is 1.89. The molecule has 4 rings (SSSR count). The van der Waals surface area contributed by atoms with Crippen LogP contribution in [-0.4, -0.2) is 20.4 Å². The number of carbonyl (C=O) groups excluding carboxylic acids is 1. The molecule has 1 aromatic heterocycles. The molecule has 0 spiro atoms. The number of nitrogens with one attached hydrogen (secondary N) is 1. The van der Waals surface area contributed by atoms with E-state index in [0.29, 0.717) is 17.2 Å². The average molecular weight is 480 g/mol. The number of fused-ring (bicyclic) bond motifs is 3. The van der Waals surface area contributed by atoms with Crippen molar-refractivity contribution in [2.24, 2.45) is 5.92 Å². The van der Waals surface area contributed by atoms with E-state index in [1.807, 2.05) is 26.0 Å². The van der Waals surface area contributed by atoms with Crippen LogP contribution in [-0.2, 0) is 14.8 Å². The Labute approximate surface area is 197 Å². The fourth-order valence-corrected chi connectivity index (χ4v) is 4.98. The van der Waals surface area contributed by atoms with Gasteiger partial charge in [0.15, 0.2) is 0 Å². The molecular weight excluding hydrogens is 454 g/mol. The molecule has 1 heterocycles. The molecule has 7 nitrogen and oxygen atoms in total. The normalized spacial score (nSPS) is 13.6. The van der Waals surface area contributed by atoms with Gasteiger partial charge in [0.1, 0.15) is 17.4 Å². The molecule has 0 bridgehead atoms. The Morgan fingerprint density at radius 1 is 1.00 bits per heavy atom. The van der Waals surface area contributed by atoms with Crippen LogP contribution in [0.2, 0.25) is 0 Å². The number of hydrogen-bond donors (Lipinski definition) is 1. The largest absolute Gasteiger partial charge is 0.425 e. The highest BCUT2D eigenvalue weighted by molar-refractivity contribution is 7.89. The predicted octanol–water partition coefficient (Wildman–Crippen LogP) is 4.55. The molecule has 3 aromatic carbocycles. The maximum absolute atomic E-state index is 13.1. The average Bonchev–Trinajstić information content (AvgIpc) is 2.82. The first-order valence-corrected chi connectivity index (χ1v) is 12.4. The lowest BCUT2D eigenvalue weighted by molar-refractivity contribution is -0.137. The van der Waals surface area contributed by atoms with Gasteiger partial charge in [0.2, 0.25) is 10.0 Å². The van der Waals surface area contributed by atoms with Gasteiger partial charge in [-0.3, -0.25) is 0 Å². The number of hydrogen-bond acceptors (Lipinski definition) is 6. The van der Waals surface area contributed by atoms with Gasteiger partial charge in [0.05, 0.1) is 10.3 Å². The van der Waals surface area contributed by atoms with Crippen LogP contribution in [0.15, 0.2) is 80.8 Å². The van der Waals surface area contributed by atoms with E-state index in [-0.39, 0.29) is 22.1 Å². The van der Waals surface area contributed by atoms with E-state index in [9.17, 15) is 18.0 Å². The van der Waals surface area contributed by atoms with Crippen LogP contribution in [0.25, 0.3) is 21.7 Å². The molecule has 0 fully saturated rings. The van der Waals surface area contributed by atoms with Crippen molar-refractivity contribution in [1.29, 1.82) is 0 Å². The van der Waals surface area contributed by atoms with Crippen LogP contribution < -0.4 is 15.1 Å². The van der Waals surface area contributed by atoms with E-state index < -0.39 is 27.7 Å². The quantitative estimate of drug-likeness (QED) is 0.181. The van der Waals surface area contributed by atoms with Crippen molar-refractivity contribution in [3.05, 3.63) is 82.7 Å². The SMILES string of the molecule is CC[C@H](C)[C@H](NS(=O)(=O)c1ccc(C)cc1)C(=O)Oc1ccc2c(c1)oc(=O)c1ccccc12. The second-order valence-corrected chi connectivity index (χ2v) is 10.0. The van der Waals surface area contributed by atoms with Crippen molar-refractivity contribution in [1.82, 2.24) is 4.72 Å². The summed E-state index contributed by atoms with van der Waals surface area (Å²) in [7, 11) is -3.94. The van der Waals surface area contributed by atoms with Crippen molar-refractivity contribution < 1.29 is 22.4 Å². The van der Waals surface area contributed by atoms with E-state index in [0.717, 1.165) is 10.9 Å². The molecule has 0 amide bonds. The molecule has 0 saturated carbocycles. The summed E-state index contributed by atoms with van der Waals surface area (Å²) < 4.78 is 39.2. The molecule has 0 aliphatic carbocycles. The van der Waals surface area contributed by atoms with Gasteiger partial charge in [0, 0.05) is 11.5 Å². The number of benzene rings is 3. The van der Waals surface area contributed by atoms with E-state index in [1.54, 1.807) is 43.3 Å². The summed E-state index contributed by atoms with van der Waals surface area (Å²) in [6, 6.07) is 17.1. The third-order valence-electron chi connectivity index (χ3n) is 5.89. The van der Waals surface area contributed by atoms with Gasteiger partial charge in [-0.05, 0) is 48.6 Å². The highest BCUT2D eigenvalue weighted by Gasteiger charge is 2.31. The number of rotatable bonds is 7. The molecule has 4 aromatic rings. The third-order valence-corrected chi connectivity index (χ3v) is 7.35. The lowest BCUT2D eigenvalue weighted by Gasteiger charge is -2.22. The number of esters is 1. The maximum atomic E-state index is 13.1. The number of carbonyl (C=O) groups is 1. The van der Waals surface area contributed by atoms with Crippen LogP contribution in [0.5, 0.6) is 5.75 Å². The monoisotopic (exact) mass is 479 g/mol. The van der Waals surface area contributed by atoms with Crippen molar-refractivity contribution in [3.63, 3.8) is 0 Å². The van der Waals surface area contributed by atoms with Gasteiger partial charge in [0.25, 0.3) is 0 Å². The van der Waals surface area contributed by atoms with Gasteiger partial charge in [-0.15, -0.1) is 0 Å². The molecule has 8 heteroatoms. The Morgan fingerprint density at radius 3 is 2.35 bits per heavy atom. The molecule has 0 unspecified atom stereocenters. The van der Waals surface area contributed by atoms with E-state index >= 15 is 0 Å². The molecule has 0 radical (unpaired) electrons. The topological polar surface area (TPSA) is 103 Å². The zero-order chi connectivity index (χ0) is 24.5. The zero-order valence-electron chi connectivity index (χ0n) is 19.1. The minimum atomic E-state index is -3.94. The Morgan fingerprint density at radius 2 is 1.68 bits per heavy atom. The maximum Gasteiger partial charge on any atom is 0.344 e. The minimum absolute atomic E-state index is 0.0681. The van der Waals surface area contributed by atoms with Crippen LogP contribution >= 0.6 is 0 Å². The van der Waals surface area contributed by atoms with Crippen LogP contribution in [0, 0.1) is 12.8 Å². The van der Waals surface area contributed by atoms with Gasteiger partial charge < -0.3 is 9.15 Å². The first-order valence-electron chi connectivity index (χ1n) is 11.0. The Kier molecular flexibility index (Phi) is 6.54. The summed E-state index contributed by atoms with van der Waals surface area (Å²) >= 11 is 0. The second-order valence-electron chi connectivity index (χ2n) is 8.31. The van der Waals surface area contributed by atoms with Crippen LogP contribution in [0.3, 0.4) is 0 Å². The van der Waals surface area contributed by atoms with E-state index in [2.05, 4.69) is 4.72 Å².